The number of nitrogens with zero attached hydrogens (tertiary/aromatic N) is 2. The van der Waals surface area contributed by atoms with Crippen molar-refractivity contribution in [3.63, 3.8) is 0 Å². The molecule has 0 aliphatic carbocycles. The minimum Gasteiger partial charge on any atom is -0.480 e. The number of furan rings is 1. The zero-order valence-corrected chi connectivity index (χ0v) is 16.5. The fourth-order valence-electron chi connectivity index (χ4n) is 1.78. The van der Waals surface area contributed by atoms with E-state index in [1.54, 1.807) is 12.1 Å². The van der Waals surface area contributed by atoms with Gasteiger partial charge < -0.3 is 18.3 Å². The molecule has 0 aliphatic rings. The minimum absolute atomic E-state index is 0.105. The third-order valence-electron chi connectivity index (χ3n) is 2.93. The molecule has 0 spiro atoms. The summed E-state index contributed by atoms with van der Waals surface area (Å²) in [6, 6.07) is 6.16. The third-order valence-corrected chi connectivity index (χ3v) is 4.37. The number of carbonyl (C=O) groups is 1. The van der Waals surface area contributed by atoms with Crippen LogP contribution in [0.2, 0.25) is 15.1 Å². The zero-order valence-electron chi connectivity index (χ0n) is 12.7. The van der Waals surface area contributed by atoms with Crippen LogP contribution in [0.25, 0.3) is 11.7 Å². The molecule has 0 fully saturated rings. The predicted octanol–water partition coefficient (Wildman–Crippen LogP) is 5.17. The Labute approximate surface area is 170 Å². The van der Waals surface area contributed by atoms with Gasteiger partial charge in [0.25, 0.3) is 11.8 Å². The van der Waals surface area contributed by atoms with Crippen molar-refractivity contribution in [2.75, 3.05) is 6.61 Å². The van der Waals surface area contributed by atoms with E-state index in [-0.39, 0.29) is 45.8 Å². The second kappa shape index (κ2) is 8.30. The van der Waals surface area contributed by atoms with Gasteiger partial charge in [0, 0.05) is 6.07 Å². The van der Waals surface area contributed by atoms with E-state index in [9.17, 15) is 4.79 Å². The number of hydrogen-bond donors (Lipinski definition) is 0. The van der Waals surface area contributed by atoms with Crippen LogP contribution in [0, 0.1) is 0 Å². The Bertz CT molecular complexity index is 943. The van der Waals surface area contributed by atoms with Gasteiger partial charge in [-0.05, 0) is 34.1 Å². The molecule has 3 aromatic rings. The average molecular weight is 483 g/mol. The molecule has 0 radical (unpaired) electrons. The number of ether oxygens (including phenoxy) is 2. The quantitative estimate of drug-likeness (QED) is 0.354. The lowest BCUT2D eigenvalue weighted by Gasteiger charge is -2.08. The summed E-state index contributed by atoms with van der Waals surface area (Å²) in [7, 11) is 0. The number of carbonyl (C=O) groups excluding carboxylic acids is 1. The highest BCUT2D eigenvalue weighted by atomic mass is 79.9. The third kappa shape index (κ3) is 4.70. The lowest BCUT2D eigenvalue weighted by atomic mass is 10.3. The van der Waals surface area contributed by atoms with Crippen molar-refractivity contribution >= 4 is 56.7 Å². The molecule has 0 N–H and O–H groups in total. The van der Waals surface area contributed by atoms with Gasteiger partial charge in [0.05, 0.1) is 15.1 Å². The Morgan fingerprint density at radius 3 is 2.58 bits per heavy atom. The Morgan fingerprint density at radius 1 is 1.08 bits per heavy atom. The molecule has 0 saturated carbocycles. The highest BCUT2D eigenvalue weighted by molar-refractivity contribution is 9.10. The first-order valence-corrected chi connectivity index (χ1v) is 8.86. The monoisotopic (exact) mass is 480 g/mol. The first-order valence-electron chi connectivity index (χ1n) is 6.93. The van der Waals surface area contributed by atoms with Crippen LogP contribution >= 0.6 is 50.7 Å². The summed E-state index contributed by atoms with van der Waals surface area (Å²) >= 11 is 20.8. The van der Waals surface area contributed by atoms with Crippen LogP contribution in [0.4, 0.5) is 0 Å². The van der Waals surface area contributed by atoms with E-state index < -0.39 is 5.97 Å². The van der Waals surface area contributed by atoms with Crippen molar-refractivity contribution < 1.29 is 23.1 Å². The molecule has 26 heavy (non-hydrogen) atoms. The molecular formula is C15H8BrCl3N2O5. The highest BCUT2D eigenvalue weighted by Gasteiger charge is 2.15. The van der Waals surface area contributed by atoms with Gasteiger partial charge in [-0.25, -0.2) is 4.79 Å². The fraction of sp³-hybridized carbons (Fsp3) is 0.133. The maximum absolute atomic E-state index is 11.8. The normalized spacial score (nSPS) is 10.8. The second-order valence-electron chi connectivity index (χ2n) is 4.75. The molecule has 0 atom stereocenters. The van der Waals surface area contributed by atoms with Gasteiger partial charge in [-0.1, -0.05) is 34.8 Å². The summed E-state index contributed by atoms with van der Waals surface area (Å²) in [5.41, 5.74) is 0. The summed E-state index contributed by atoms with van der Waals surface area (Å²) in [5, 5.41) is 8.32. The predicted molar refractivity (Wildman–Crippen MR) is 96.5 cm³/mol. The van der Waals surface area contributed by atoms with E-state index in [1.807, 2.05) is 0 Å². The van der Waals surface area contributed by atoms with Crippen molar-refractivity contribution in [3.05, 3.63) is 49.9 Å². The summed E-state index contributed by atoms with van der Waals surface area (Å²) in [6.45, 7) is -0.601. The topological polar surface area (TPSA) is 87.6 Å². The van der Waals surface area contributed by atoms with Crippen molar-refractivity contribution in [1.82, 2.24) is 10.2 Å². The van der Waals surface area contributed by atoms with Crippen LogP contribution in [0.5, 0.6) is 5.75 Å². The number of esters is 1. The Hall–Kier alpha value is -1.74. The van der Waals surface area contributed by atoms with E-state index in [2.05, 4.69) is 26.1 Å². The van der Waals surface area contributed by atoms with E-state index in [0.29, 0.717) is 10.4 Å². The number of halogens is 4. The largest absolute Gasteiger partial charge is 0.480 e. The molecule has 1 aromatic carbocycles. The first kappa shape index (κ1) is 19.0. The van der Waals surface area contributed by atoms with Crippen LogP contribution in [0.1, 0.15) is 5.89 Å². The zero-order chi connectivity index (χ0) is 18.7. The van der Waals surface area contributed by atoms with E-state index in [4.69, 9.17) is 53.1 Å². The van der Waals surface area contributed by atoms with Gasteiger partial charge in [-0.3, -0.25) is 0 Å². The van der Waals surface area contributed by atoms with E-state index in [1.165, 1.54) is 12.1 Å². The van der Waals surface area contributed by atoms with Crippen molar-refractivity contribution in [2.45, 2.75) is 6.61 Å². The van der Waals surface area contributed by atoms with Gasteiger partial charge in [-0.2, -0.15) is 0 Å². The molecule has 2 aromatic heterocycles. The van der Waals surface area contributed by atoms with E-state index >= 15 is 0 Å². The Kier molecular flexibility index (Phi) is 6.08. The molecule has 3 rings (SSSR count). The molecule has 136 valence electrons. The summed E-state index contributed by atoms with van der Waals surface area (Å²) in [5.74, 6) is 0.211. The van der Waals surface area contributed by atoms with Crippen molar-refractivity contribution in [1.29, 1.82) is 0 Å². The number of aromatic nitrogens is 2. The number of benzene rings is 1. The molecule has 0 amide bonds. The second-order valence-corrected chi connectivity index (χ2v) is 6.75. The molecule has 7 nitrogen and oxygen atoms in total. The Balaban J connectivity index is 1.52. The van der Waals surface area contributed by atoms with Gasteiger partial charge >= 0.3 is 5.97 Å². The van der Waals surface area contributed by atoms with Crippen LogP contribution in [0.3, 0.4) is 0 Å². The first-order chi connectivity index (χ1) is 12.4. The van der Waals surface area contributed by atoms with Gasteiger partial charge in [0.1, 0.15) is 5.75 Å². The maximum Gasteiger partial charge on any atom is 0.344 e. The molecule has 2 heterocycles. The summed E-state index contributed by atoms with van der Waals surface area (Å²) in [4.78, 5) is 11.8. The number of hydrogen-bond acceptors (Lipinski definition) is 7. The lowest BCUT2D eigenvalue weighted by molar-refractivity contribution is -0.148. The van der Waals surface area contributed by atoms with Crippen molar-refractivity contribution in [2.24, 2.45) is 0 Å². The van der Waals surface area contributed by atoms with Crippen LogP contribution in [-0.2, 0) is 16.1 Å². The van der Waals surface area contributed by atoms with Crippen molar-refractivity contribution in [3.8, 4) is 17.4 Å². The Morgan fingerprint density at radius 2 is 1.85 bits per heavy atom. The maximum atomic E-state index is 11.8. The van der Waals surface area contributed by atoms with Gasteiger partial charge in [0.15, 0.2) is 23.6 Å². The van der Waals surface area contributed by atoms with E-state index in [0.717, 1.165) is 0 Å². The van der Waals surface area contributed by atoms with Crippen LogP contribution < -0.4 is 4.74 Å². The van der Waals surface area contributed by atoms with Crippen LogP contribution in [0.15, 0.2) is 37.8 Å². The molecule has 0 aliphatic heterocycles. The fourth-order valence-corrected chi connectivity index (χ4v) is 2.67. The average Bonchev–Trinajstić information content (AvgIpc) is 3.24. The number of rotatable bonds is 6. The SMILES string of the molecule is O=C(COc1cc(Cl)c(Cl)cc1Cl)OCc1nnc(-c2ccc(Br)o2)o1. The lowest BCUT2D eigenvalue weighted by Crippen LogP contribution is -2.15. The molecule has 0 bridgehead atoms. The summed E-state index contributed by atoms with van der Waals surface area (Å²) in [6.07, 6.45) is 0. The minimum atomic E-state index is -0.660. The highest BCUT2D eigenvalue weighted by Crippen LogP contribution is 2.33. The standard InChI is InChI=1S/C15H8BrCl3N2O5/c16-12-2-1-10(25-12)15-21-20-13(26-15)5-24-14(22)6-23-11-4-8(18)7(17)3-9(11)19/h1-4H,5-6H2. The molecule has 11 heteroatoms. The molecule has 0 saturated heterocycles. The summed E-state index contributed by atoms with van der Waals surface area (Å²) < 4.78 is 21.4. The molecule has 0 unspecified atom stereocenters. The van der Waals surface area contributed by atoms with Crippen LogP contribution in [-0.4, -0.2) is 22.8 Å². The van der Waals surface area contributed by atoms with Gasteiger partial charge in [0.2, 0.25) is 0 Å². The smallest absolute Gasteiger partial charge is 0.344 e. The molecular weight excluding hydrogens is 474 g/mol. The van der Waals surface area contributed by atoms with Gasteiger partial charge in [-0.15, -0.1) is 10.2 Å².